The van der Waals surface area contributed by atoms with E-state index in [2.05, 4.69) is 47.6 Å². The molecule has 0 fully saturated rings. The highest BCUT2D eigenvalue weighted by Crippen LogP contribution is 2.38. The maximum Gasteiger partial charge on any atom is 0.310 e. The number of hydrogen-bond acceptors (Lipinski definition) is 4. The van der Waals surface area contributed by atoms with Gasteiger partial charge in [-0.2, -0.15) is 0 Å². The van der Waals surface area contributed by atoms with E-state index in [4.69, 9.17) is 14.6 Å². The van der Waals surface area contributed by atoms with Gasteiger partial charge in [-0.15, -0.1) is 0 Å². The highest BCUT2D eigenvalue weighted by atomic mass is 16.5. The Labute approximate surface area is 146 Å². The molecule has 1 aromatic carbocycles. The van der Waals surface area contributed by atoms with Crippen LogP contribution in [0.5, 0.6) is 5.75 Å². The van der Waals surface area contributed by atoms with E-state index in [0.717, 1.165) is 16.9 Å². The van der Waals surface area contributed by atoms with Crippen molar-refractivity contribution in [1.82, 2.24) is 0 Å². The molecule has 0 aliphatic rings. The fourth-order valence-electron chi connectivity index (χ4n) is 2.49. The summed E-state index contributed by atoms with van der Waals surface area (Å²) >= 11 is 0. The van der Waals surface area contributed by atoms with Crippen LogP contribution < -0.4 is 4.74 Å². The summed E-state index contributed by atoms with van der Waals surface area (Å²) in [4.78, 5) is 12.1. The lowest BCUT2D eigenvalue weighted by molar-refractivity contribution is -0.143. The summed E-state index contributed by atoms with van der Waals surface area (Å²) in [7, 11) is 0. The number of hydrogen-bond donors (Lipinski definition) is 1. The number of carbonyl (C=O) groups excluding carboxylic acids is 1. The quantitative estimate of drug-likeness (QED) is 0.804. The molecular formula is C20H32O4. The zero-order chi connectivity index (χ0) is 18.5. The Bertz CT molecular complexity index is 562. The minimum Gasteiger partial charge on any atom is -0.493 e. The minimum absolute atomic E-state index is 0.0217. The molecule has 0 heterocycles. The van der Waals surface area contributed by atoms with Gasteiger partial charge in [0.25, 0.3) is 0 Å². The van der Waals surface area contributed by atoms with E-state index in [1.54, 1.807) is 0 Å². The van der Waals surface area contributed by atoms with Crippen LogP contribution >= 0.6 is 0 Å². The zero-order valence-electron chi connectivity index (χ0n) is 16.2. The van der Waals surface area contributed by atoms with E-state index in [-0.39, 0.29) is 36.4 Å². The minimum atomic E-state index is -0.351. The van der Waals surface area contributed by atoms with Crippen LogP contribution in [0.3, 0.4) is 0 Å². The fourth-order valence-corrected chi connectivity index (χ4v) is 2.49. The third-order valence-electron chi connectivity index (χ3n) is 3.82. The fraction of sp³-hybridized carbons (Fsp3) is 0.650. The number of carbonyl (C=O) groups is 1. The number of aliphatic hydroxyl groups excluding tert-OH is 1. The van der Waals surface area contributed by atoms with Crippen molar-refractivity contribution in [3.05, 3.63) is 28.8 Å². The average molecular weight is 336 g/mol. The Hall–Kier alpha value is -1.55. The predicted octanol–water partition coefficient (Wildman–Crippen LogP) is 3.76. The summed E-state index contributed by atoms with van der Waals surface area (Å²) in [6.45, 7) is 15.2. The summed E-state index contributed by atoms with van der Waals surface area (Å²) < 4.78 is 10.9. The van der Waals surface area contributed by atoms with Gasteiger partial charge in [-0.3, -0.25) is 4.79 Å². The van der Waals surface area contributed by atoms with Crippen LogP contribution in [0.1, 0.15) is 65.2 Å². The first kappa shape index (κ1) is 20.5. The first-order valence-corrected chi connectivity index (χ1v) is 8.57. The van der Waals surface area contributed by atoms with Gasteiger partial charge in [0.1, 0.15) is 12.4 Å². The number of esters is 1. The van der Waals surface area contributed by atoms with E-state index >= 15 is 0 Å². The molecule has 1 aromatic rings. The summed E-state index contributed by atoms with van der Waals surface area (Å²) in [5, 5.41) is 8.82. The van der Waals surface area contributed by atoms with Crippen LogP contribution in [0.15, 0.2) is 12.1 Å². The van der Waals surface area contributed by atoms with Gasteiger partial charge in [-0.1, -0.05) is 53.7 Å². The number of benzene rings is 1. The average Bonchev–Trinajstić information content (AvgIpc) is 2.44. The third-order valence-corrected chi connectivity index (χ3v) is 3.82. The van der Waals surface area contributed by atoms with E-state index in [1.165, 1.54) is 5.56 Å². The van der Waals surface area contributed by atoms with Gasteiger partial charge in [0.05, 0.1) is 19.6 Å². The summed E-state index contributed by atoms with van der Waals surface area (Å²) in [6, 6.07) is 4.23. The van der Waals surface area contributed by atoms with Crippen molar-refractivity contribution in [3.8, 4) is 5.75 Å². The van der Waals surface area contributed by atoms with E-state index < -0.39 is 0 Å². The van der Waals surface area contributed by atoms with Crippen molar-refractivity contribution in [1.29, 1.82) is 0 Å². The normalized spacial score (nSPS) is 12.2. The van der Waals surface area contributed by atoms with Gasteiger partial charge in [0, 0.05) is 11.1 Å². The largest absolute Gasteiger partial charge is 0.493 e. The number of rotatable bonds is 6. The summed E-state index contributed by atoms with van der Waals surface area (Å²) in [5.74, 6) is 0.426. The first-order valence-electron chi connectivity index (χ1n) is 8.57. The molecule has 24 heavy (non-hydrogen) atoms. The maximum absolute atomic E-state index is 12.1. The molecule has 0 saturated carbocycles. The molecule has 0 radical (unpaired) electrons. The second-order valence-corrected chi connectivity index (χ2v) is 8.07. The Balaban J connectivity index is 3.43. The van der Waals surface area contributed by atoms with Gasteiger partial charge >= 0.3 is 5.97 Å². The molecule has 136 valence electrons. The molecule has 0 aliphatic heterocycles. The van der Waals surface area contributed by atoms with Gasteiger partial charge < -0.3 is 14.6 Å². The monoisotopic (exact) mass is 336 g/mol. The predicted molar refractivity (Wildman–Crippen MR) is 96.8 cm³/mol. The Morgan fingerprint density at radius 2 is 1.71 bits per heavy atom. The molecule has 4 nitrogen and oxygen atoms in total. The lowest BCUT2D eigenvalue weighted by Crippen LogP contribution is -2.20. The van der Waals surface area contributed by atoms with Crippen LogP contribution in [-0.2, 0) is 26.8 Å². The van der Waals surface area contributed by atoms with Crippen molar-refractivity contribution in [3.63, 3.8) is 0 Å². The third kappa shape index (κ3) is 5.52. The molecule has 0 amide bonds. The lowest BCUT2D eigenvalue weighted by atomic mass is 9.78. The van der Waals surface area contributed by atoms with E-state index in [9.17, 15) is 4.79 Å². The van der Waals surface area contributed by atoms with Crippen LogP contribution in [0.4, 0.5) is 0 Å². The molecule has 0 saturated heterocycles. The van der Waals surface area contributed by atoms with E-state index in [1.807, 2.05) is 13.0 Å². The Kier molecular flexibility index (Phi) is 6.85. The summed E-state index contributed by atoms with van der Waals surface area (Å²) in [5.41, 5.74) is 2.98. The molecule has 0 atom stereocenters. The number of ether oxygens (including phenoxy) is 2. The van der Waals surface area contributed by atoms with Crippen LogP contribution in [0.2, 0.25) is 0 Å². The molecule has 4 heteroatoms. The molecule has 0 unspecified atom stereocenters. The molecular weight excluding hydrogens is 304 g/mol. The van der Waals surface area contributed by atoms with Gasteiger partial charge in [-0.05, 0) is 23.3 Å². The summed E-state index contributed by atoms with van der Waals surface area (Å²) in [6.07, 6.45) is 0.141. The highest BCUT2D eigenvalue weighted by Gasteiger charge is 2.26. The van der Waals surface area contributed by atoms with E-state index in [0.29, 0.717) is 6.61 Å². The smallest absolute Gasteiger partial charge is 0.310 e. The number of aliphatic hydroxyl groups is 1. The molecule has 1 N–H and O–H groups in total. The second-order valence-electron chi connectivity index (χ2n) is 8.07. The van der Waals surface area contributed by atoms with Gasteiger partial charge in [-0.25, -0.2) is 0 Å². The van der Waals surface area contributed by atoms with Crippen molar-refractivity contribution in [2.24, 2.45) is 0 Å². The second kappa shape index (κ2) is 8.02. The van der Waals surface area contributed by atoms with Crippen LogP contribution in [-0.4, -0.2) is 30.9 Å². The lowest BCUT2D eigenvalue weighted by Gasteiger charge is -2.29. The van der Waals surface area contributed by atoms with Gasteiger partial charge in [0.15, 0.2) is 0 Å². The van der Waals surface area contributed by atoms with Crippen molar-refractivity contribution in [2.75, 3.05) is 19.8 Å². The molecule has 0 bridgehead atoms. The van der Waals surface area contributed by atoms with Crippen molar-refractivity contribution in [2.45, 2.75) is 65.7 Å². The van der Waals surface area contributed by atoms with Crippen molar-refractivity contribution < 1.29 is 19.4 Å². The maximum atomic E-state index is 12.1. The highest BCUT2D eigenvalue weighted by molar-refractivity contribution is 5.74. The Morgan fingerprint density at radius 3 is 2.17 bits per heavy atom. The SMILES string of the molecule is CCOc1c(CC(=O)OCCO)cc(C(C)(C)C)cc1C(C)(C)C. The Morgan fingerprint density at radius 1 is 1.08 bits per heavy atom. The zero-order valence-corrected chi connectivity index (χ0v) is 16.2. The molecule has 0 aromatic heterocycles. The van der Waals surface area contributed by atoms with Crippen LogP contribution in [0, 0.1) is 0 Å². The molecule has 1 rings (SSSR count). The standard InChI is InChI=1S/C20H32O4/c1-8-23-18-14(12-17(22)24-10-9-21)11-15(19(2,3)4)13-16(18)20(5,6)7/h11,13,21H,8-10,12H2,1-7H3. The topological polar surface area (TPSA) is 55.8 Å². The molecule has 0 spiro atoms. The van der Waals surface area contributed by atoms with Crippen LogP contribution in [0.25, 0.3) is 0 Å². The van der Waals surface area contributed by atoms with Crippen molar-refractivity contribution >= 4 is 5.97 Å². The van der Waals surface area contributed by atoms with Gasteiger partial charge in [0.2, 0.25) is 0 Å². The first-order chi connectivity index (χ1) is 11.0. The molecule has 0 aliphatic carbocycles.